The summed E-state index contributed by atoms with van der Waals surface area (Å²) in [6.45, 7) is 30.2. The summed E-state index contributed by atoms with van der Waals surface area (Å²) in [4.78, 5) is 0. The van der Waals surface area contributed by atoms with E-state index in [4.69, 9.17) is 61.0 Å². The van der Waals surface area contributed by atoms with Gasteiger partial charge in [0.1, 0.15) is 0 Å². The summed E-state index contributed by atoms with van der Waals surface area (Å²) in [5, 5.41) is 0.731. The van der Waals surface area contributed by atoms with Crippen molar-refractivity contribution < 1.29 is 49.4 Å². The minimum absolute atomic E-state index is 0.0884. The van der Waals surface area contributed by atoms with Crippen LogP contribution in [0.25, 0.3) is 0 Å². The van der Waals surface area contributed by atoms with Gasteiger partial charge in [-0.05, 0) is 47.0 Å². The van der Waals surface area contributed by atoms with E-state index >= 15 is 0 Å². The molecule has 0 unspecified atom stereocenters. The third-order valence-electron chi connectivity index (χ3n) is 9.74. The Morgan fingerprint density at radius 3 is 0.714 bits per heavy atom. The Bertz CT molecular complexity index is 1370. The standard InChI is InChI=1S/C35H69ClO12Si8/c1-27(2)20-49-37-50(21-28(3)4)40-53(24-31(9)10)42-51(38-49,22-29(5)6)44-55(26-33(13)14)45-52(39-49,23-30(7)8)43-54(41-50,25-32(11)12)47-56(46-53,48-55)35-17-15-34(19-36)16-18-35/h15-18,27-33H,19-26H2,1-14H3. The third kappa shape index (κ3) is 10.0. The van der Waals surface area contributed by atoms with Crippen molar-refractivity contribution in [1.29, 1.82) is 0 Å². The van der Waals surface area contributed by atoms with Crippen LogP contribution in [0.4, 0.5) is 0 Å². The van der Waals surface area contributed by atoms with Crippen LogP contribution in [0.15, 0.2) is 24.3 Å². The van der Waals surface area contributed by atoms with Crippen molar-refractivity contribution in [1.82, 2.24) is 0 Å². The summed E-state index contributed by atoms with van der Waals surface area (Å²) >= 11 is 6.36. The zero-order valence-corrected chi connectivity index (χ0v) is 45.0. The van der Waals surface area contributed by atoms with Gasteiger partial charge >= 0.3 is 70.4 Å². The zero-order valence-electron chi connectivity index (χ0n) is 36.3. The number of rotatable bonds is 16. The molecule has 6 aliphatic heterocycles. The monoisotopic (exact) mass is 940 g/mol. The van der Waals surface area contributed by atoms with Gasteiger partial charge in [-0.2, -0.15) is 0 Å². The summed E-state index contributed by atoms with van der Waals surface area (Å²) in [5.41, 5.74) is 0.958. The molecule has 21 heteroatoms. The molecule has 0 saturated carbocycles. The highest BCUT2D eigenvalue weighted by molar-refractivity contribution is 7.05. The fourth-order valence-corrected chi connectivity index (χ4v) is 59.7. The summed E-state index contributed by atoms with van der Waals surface area (Å²) in [6, 6.07) is 11.2. The van der Waals surface area contributed by atoms with Gasteiger partial charge in [-0.25, -0.2) is 0 Å². The minimum Gasteiger partial charge on any atom is -0.373 e. The van der Waals surface area contributed by atoms with Crippen molar-refractivity contribution in [2.24, 2.45) is 41.4 Å². The van der Waals surface area contributed by atoms with Gasteiger partial charge in [-0.3, -0.25) is 0 Å². The molecule has 6 heterocycles. The minimum atomic E-state index is -4.24. The average molecular weight is 942 g/mol. The van der Waals surface area contributed by atoms with Crippen LogP contribution in [-0.2, 0) is 55.3 Å². The lowest BCUT2D eigenvalue weighted by molar-refractivity contribution is -0.0308. The van der Waals surface area contributed by atoms with Crippen molar-refractivity contribution in [3.05, 3.63) is 29.8 Å². The molecule has 0 amide bonds. The second-order valence-corrected chi connectivity index (χ2v) is 43.8. The first-order valence-electron chi connectivity index (χ1n) is 21.0. The van der Waals surface area contributed by atoms with E-state index in [9.17, 15) is 0 Å². The van der Waals surface area contributed by atoms with E-state index in [1.807, 2.05) is 24.3 Å². The van der Waals surface area contributed by atoms with Gasteiger partial charge in [0.2, 0.25) is 0 Å². The quantitative estimate of drug-likeness (QED) is 0.117. The number of hydrogen-bond donors (Lipinski definition) is 0. The number of hydrogen-bond acceptors (Lipinski definition) is 12. The molecule has 1 aromatic carbocycles. The van der Waals surface area contributed by atoms with Gasteiger partial charge < -0.3 is 49.4 Å². The largest absolute Gasteiger partial charge is 0.515 e. The first-order chi connectivity index (χ1) is 25.9. The van der Waals surface area contributed by atoms with Gasteiger partial charge in [0, 0.05) is 53.4 Å². The van der Waals surface area contributed by atoms with Crippen LogP contribution in [0.1, 0.15) is 102 Å². The second kappa shape index (κ2) is 16.8. The van der Waals surface area contributed by atoms with Crippen molar-refractivity contribution in [3.8, 4) is 0 Å². The molecule has 1 aromatic rings. The molecule has 0 aliphatic carbocycles. The molecule has 56 heavy (non-hydrogen) atoms. The first kappa shape index (κ1) is 46.3. The number of benzene rings is 1. The zero-order chi connectivity index (χ0) is 41.2. The van der Waals surface area contributed by atoms with Gasteiger partial charge in [-0.1, -0.05) is 121 Å². The van der Waals surface area contributed by atoms with Crippen molar-refractivity contribution in [2.45, 2.75) is 145 Å². The maximum atomic E-state index is 7.86. The third-order valence-corrected chi connectivity index (χ3v) is 49.7. The van der Waals surface area contributed by atoms with E-state index in [1.54, 1.807) is 0 Å². The normalized spacial score (nSPS) is 39.7. The Hall–Kier alpha value is 0.765. The van der Waals surface area contributed by atoms with Crippen LogP contribution in [0.3, 0.4) is 0 Å². The van der Waals surface area contributed by atoms with Crippen molar-refractivity contribution in [2.75, 3.05) is 0 Å². The van der Waals surface area contributed by atoms with Crippen molar-refractivity contribution >= 4 is 87.2 Å². The Labute approximate surface area is 351 Å². The van der Waals surface area contributed by atoms with Gasteiger partial charge in [0.25, 0.3) is 0 Å². The molecule has 12 nitrogen and oxygen atoms in total. The number of alkyl halides is 1. The maximum Gasteiger partial charge on any atom is 0.515 e. The summed E-state index contributed by atoms with van der Waals surface area (Å²) < 4.78 is 93.8. The SMILES string of the molecule is CC(C)C[Si]12O[Si]3(CC(C)C)O[Si]4(CC(C)C)O[Si](CC(C)C)(O1)O[Si]1(CC(C)C)O[Si](CC(C)C)(O2)O[Si](CC(C)C)(O3)O[Si](c2ccc(CCl)cc2)(O4)O1. The molecule has 6 saturated heterocycles. The Balaban J connectivity index is 1.79. The molecule has 0 aromatic heterocycles. The molecule has 6 aliphatic rings. The van der Waals surface area contributed by atoms with Crippen LogP contribution in [0.5, 0.6) is 0 Å². The highest BCUT2D eigenvalue weighted by Crippen LogP contribution is 2.55. The molecule has 6 fully saturated rings. The molecule has 0 radical (unpaired) electrons. The van der Waals surface area contributed by atoms with Gasteiger partial charge in [0.05, 0.1) is 0 Å². The van der Waals surface area contributed by atoms with Crippen LogP contribution in [0.2, 0.25) is 42.3 Å². The maximum absolute atomic E-state index is 7.86. The molecule has 7 rings (SSSR count). The lowest BCUT2D eigenvalue weighted by Crippen LogP contribution is -2.90. The topological polar surface area (TPSA) is 111 Å². The summed E-state index contributed by atoms with van der Waals surface area (Å²) in [7, 11) is -32.0. The predicted molar refractivity (Wildman–Crippen MR) is 232 cm³/mol. The second-order valence-electron chi connectivity index (χ2n) is 19.6. The predicted octanol–water partition coefficient (Wildman–Crippen LogP) is 9.00. The van der Waals surface area contributed by atoms with Crippen LogP contribution in [0, 0.1) is 41.4 Å². The molecular formula is C35H69ClO12Si8. The Morgan fingerprint density at radius 2 is 0.536 bits per heavy atom. The number of halogens is 1. The lowest BCUT2D eigenvalue weighted by Gasteiger charge is -2.64. The average Bonchev–Trinajstić information content (AvgIpc) is 2.94. The van der Waals surface area contributed by atoms with E-state index in [-0.39, 0.29) is 41.4 Å². The first-order valence-corrected chi connectivity index (χ1v) is 36.8. The van der Waals surface area contributed by atoms with Crippen LogP contribution in [-0.4, -0.2) is 70.4 Å². The van der Waals surface area contributed by atoms with Crippen LogP contribution < -0.4 is 5.19 Å². The molecular weight excluding hydrogens is 873 g/mol. The fourth-order valence-electron chi connectivity index (χ4n) is 8.60. The lowest BCUT2D eigenvalue weighted by atomic mass is 10.2. The summed E-state index contributed by atoms with van der Waals surface area (Å²) in [6.07, 6.45) is 0. The van der Waals surface area contributed by atoms with E-state index in [2.05, 4.69) is 96.9 Å². The van der Waals surface area contributed by atoms with Gasteiger partial charge in [0.15, 0.2) is 0 Å². The van der Waals surface area contributed by atoms with Crippen molar-refractivity contribution in [3.63, 3.8) is 0 Å². The van der Waals surface area contributed by atoms with Gasteiger partial charge in [-0.15, -0.1) is 11.6 Å². The van der Waals surface area contributed by atoms with E-state index in [0.717, 1.165) is 10.8 Å². The molecule has 320 valence electrons. The fraction of sp³-hybridized carbons (Fsp3) is 0.829. The molecule has 8 bridgehead atoms. The van der Waals surface area contributed by atoms with E-state index in [0.29, 0.717) is 48.2 Å². The van der Waals surface area contributed by atoms with E-state index < -0.39 is 70.4 Å². The van der Waals surface area contributed by atoms with Crippen LogP contribution >= 0.6 is 11.6 Å². The smallest absolute Gasteiger partial charge is 0.373 e. The Morgan fingerprint density at radius 1 is 0.339 bits per heavy atom. The molecule has 0 N–H and O–H groups in total. The van der Waals surface area contributed by atoms with E-state index in [1.165, 1.54) is 0 Å². The highest BCUT2D eigenvalue weighted by Gasteiger charge is 2.83. The molecule has 0 atom stereocenters. The Kier molecular flexibility index (Phi) is 13.9. The highest BCUT2D eigenvalue weighted by atomic mass is 35.5. The summed E-state index contributed by atoms with van der Waals surface area (Å²) in [5.74, 6) is 1.07. The molecule has 0 spiro atoms.